The van der Waals surface area contributed by atoms with Crippen LogP contribution in [0.3, 0.4) is 0 Å². The number of hydrogen-bond donors (Lipinski definition) is 21. The molecule has 3 aromatic rings. The van der Waals surface area contributed by atoms with Gasteiger partial charge in [0.15, 0.2) is 0 Å². The van der Waals surface area contributed by atoms with Gasteiger partial charge in [0, 0.05) is 136 Å². The Morgan fingerprint density at radius 3 is 0.642 bits per heavy atom. The number of nitrogens with one attached hydrogen (secondary N) is 7. The van der Waals surface area contributed by atoms with E-state index in [1.165, 1.54) is 20.8 Å². The van der Waals surface area contributed by atoms with E-state index in [1.807, 2.05) is 136 Å². The van der Waals surface area contributed by atoms with E-state index in [2.05, 4.69) is 74.4 Å². The summed E-state index contributed by atoms with van der Waals surface area (Å²) < 4.78 is 2.55. The van der Waals surface area contributed by atoms with Gasteiger partial charge in [0.25, 0.3) is 51.8 Å². The maximum atomic E-state index is 12.9. The molecule has 0 fully saturated rings. The van der Waals surface area contributed by atoms with E-state index in [4.69, 9.17) is 39.1 Å². The SMILES string of the molecule is CC(O)C(=O)Nc1c(I)c(C(=O)Cl)c(I)c(C(=O)Cl)c1I.CC(O)C(=O)Nc1c(I)c(C(=O)NC(CO)CO)c(I)c(C(=O)NC(CO)CO)c1I.C[C@H](O)C(=O)Nc1c(I)c(C(=O)NC(CO)CO)c(I)c(C(=O)NC(CO)CO)c1I.II.NC(CO)CO.[Ac].[Ac].[Na+].[OH-]. The van der Waals surface area contributed by atoms with Crippen LogP contribution < -0.4 is 72.5 Å². The standard InChI is InChI=1S/2C17H22I3N3O8.C11H6Cl2I3NO4.C3H9NO2.2Ac.I2.Na.H2O/c2*1-6(28)15(29)23-14-12(19)9(16(30)21-7(2-24)3-25)11(18)10(13(14)20)17(31)22-8(4-26)5-27;1-2(18)11(21)17-8-6(15)3(9(12)19)5(14)4(7(8)16)10(13)20;4-3(1-5)2-6;;;1-2;;/h2*6-8,24-28H,2-5H2,1H3,(H,21,30)(H,22,31)(H,23,29);2,18H,1H3,(H,17,21);3,5-6H,1-2,4H2;;;;;1H2/q;;;;;;;+1;/p-1/t6-;;;;;;;;/m0......../s1. The van der Waals surface area contributed by atoms with Crippen LogP contribution in [-0.4, -0.2) is 238 Å². The molecule has 0 bridgehead atoms. The quantitative estimate of drug-likeness (QED) is 0.0246. The summed E-state index contributed by atoms with van der Waals surface area (Å²) >= 11 is 31.6. The van der Waals surface area contributed by atoms with Crippen LogP contribution >= 0.6 is 264 Å². The minimum absolute atomic E-state index is 0. The van der Waals surface area contributed by atoms with Crippen LogP contribution in [0.25, 0.3) is 0 Å². The van der Waals surface area contributed by atoms with Gasteiger partial charge in [0.1, 0.15) is 18.3 Å². The van der Waals surface area contributed by atoms with E-state index >= 15 is 0 Å². The zero-order chi connectivity index (χ0) is 71.2. The maximum absolute atomic E-state index is 12.9. The first-order chi connectivity index (χ1) is 42.5. The molecule has 2 radical (unpaired) electrons. The Hall–Kier alpha value is 5.18. The van der Waals surface area contributed by atoms with Gasteiger partial charge < -0.3 is 115 Å². The Balaban J connectivity index is -0.000000294. The number of rotatable bonds is 26. The van der Waals surface area contributed by atoms with Gasteiger partial charge in [0.2, 0.25) is 0 Å². The number of carbonyl (C=O) groups is 9. The van der Waals surface area contributed by atoms with Crippen molar-refractivity contribution in [1.29, 1.82) is 0 Å². The average Bonchev–Trinajstić information content (AvgIpc) is 0.787. The second-order valence-electron chi connectivity index (χ2n) is 17.5. The molecule has 0 aliphatic carbocycles. The van der Waals surface area contributed by atoms with Crippen LogP contribution in [0, 0.1) is 120 Å². The number of aliphatic hydroxyl groups excluding tert-OH is 13. The van der Waals surface area contributed by atoms with Gasteiger partial charge in [-0.05, 0) is 247 Å². The summed E-state index contributed by atoms with van der Waals surface area (Å²) in [7, 11) is 0. The third-order valence-electron chi connectivity index (χ3n) is 10.7. The Morgan fingerprint density at radius 1 is 0.358 bits per heavy atom. The molecule has 0 aliphatic rings. The van der Waals surface area contributed by atoms with Crippen molar-refractivity contribution in [3.63, 3.8) is 0 Å². The van der Waals surface area contributed by atoms with Gasteiger partial charge in [-0.15, -0.1) is 0 Å². The Bertz CT molecular complexity index is 2760. The van der Waals surface area contributed by atoms with Gasteiger partial charge in [-0.2, -0.15) is 0 Å². The van der Waals surface area contributed by atoms with Crippen molar-refractivity contribution in [2.45, 2.75) is 69.3 Å². The van der Waals surface area contributed by atoms with E-state index in [0.29, 0.717) is 10.7 Å². The molecular formula is C48H60Ac2Cl2I11N8NaO23. The van der Waals surface area contributed by atoms with E-state index in [9.17, 15) is 99.3 Å². The molecule has 0 spiro atoms. The topological polar surface area (TPSA) is 557 Å². The largest absolute Gasteiger partial charge is 1.00 e. The van der Waals surface area contributed by atoms with Crippen LogP contribution in [-0.2, 0) is 14.4 Å². The summed E-state index contributed by atoms with van der Waals surface area (Å²) in [6.07, 6.45) is -3.97. The number of aliphatic hydroxyl groups is 13. The molecule has 0 saturated heterocycles. The number of carbonyl (C=O) groups excluding carboxylic acids is 9. The number of anilines is 3. The monoisotopic (exact) mass is 3060 g/mol. The molecule has 0 aliphatic heterocycles. The van der Waals surface area contributed by atoms with Gasteiger partial charge in [-0.1, -0.05) is 0 Å². The number of halogens is 13. The van der Waals surface area contributed by atoms with Crippen LogP contribution in [0.15, 0.2) is 0 Å². The van der Waals surface area contributed by atoms with Crippen molar-refractivity contribution in [3.8, 4) is 0 Å². The molecule has 3 aromatic carbocycles. The van der Waals surface area contributed by atoms with E-state index in [-0.39, 0.29) is 208 Å². The first-order valence-corrected chi connectivity index (χ1v) is 41.4. The predicted molar refractivity (Wildman–Crippen MR) is 429 cm³/mol. The van der Waals surface area contributed by atoms with Crippen molar-refractivity contribution in [2.75, 3.05) is 82.0 Å². The molecule has 3 atom stereocenters. The van der Waals surface area contributed by atoms with Gasteiger partial charge in [0.05, 0.1) is 168 Å². The van der Waals surface area contributed by atoms with E-state index in [0.717, 1.165) is 0 Å². The summed E-state index contributed by atoms with van der Waals surface area (Å²) in [6.45, 7) is -0.647. The first kappa shape index (κ1) is 111. The fraction of sp³-hybridized carbons (Fsp3) is 0.438. The average molecular weight is 3060 g/mol. The molecule has 0 heterocycles. The first-order valence-electron chi connectivity index (χ1n) is 24.7. The molecule has 95 heavy (non-hydrogen) atoms. The Morgan fingerprint density at radius 2 is 0.516 bits per heavy atom. The normalized spacial score (nSPS) is 11.2. The second kappa shape index (κ2) is 59.1. The molecule has 47 heteroatoms. The van der Waals surface area contributed by atoms with Crippen LogP contribution in [0.1, 0.15) is 82.9 Å². The molecule has 23 N–H and O–H groups in total. The van der Waals surface area contributed by atoms with Crippen molar-refractivity contribution >= 4 is 333 Å². The zero-order valence-electron chi connectivity index (χ0n) is 49.3. The van der Waals surface area contributed by atoms with E-state index in [1.54, 1.807) is 67.8 Å². The predicted octanol–water partition coefficient (Wildman–Crippen LogP) is -1.55. The number of hydrogen-bond acceptors (Lipinski definition) is 24. The van der Waals surface area contributed by atoms with Crippen LogP contribution in [0.5, 0.6) is 0 Å². The molecular weight excluding hydrogens is 3000 g/mol. The molecule has 3 rings (SSSR count). The third kappa shape index (κ3) is 36.1. The Labute approximate surface area is 793 Å². The maximum Gasteiger partial charge on any atom is 1.00 e. The van der Waals surface area contributed by atoms with Crippen molar-refractivity contribution < 1.29 is 233 Å². The molecule has 2 unspecified atom stereocenters. The Kier molecular flexibility index (Phi) is 69.1. The summed E-state index contributed by atoms with van der Waals surface area (Å²) in [5.41, 5.74) is 5.59. The summed E-state index contributed by atoms with van der Waals surface area (Å²) in [6, 6.07) is -4.23. The number of benzene rings is 3. The van der Waals surface area contributed by atoms with Gasteiger partial charge >= 0.3 is 29.6 Å². The van der Waals surface area contributed by atoms with Crippen molar-refractivity contribution in [3.05, 3.63) is 65.5 Å². The van der Waals surface area contributed by atoms with Crippen molar-refractivity contribution in [1.82, 2.24) is 21.3 Å². The van der Waals surface area contributed by atoms with Gasteiger partial charge in [-0.3, -0.25) is 43.2 Å². The summed E-state index contributed by atoms with van der Waals surface area (Å²) in [5.74, 6) is -5.03. The third-order valence-corrected chi connectivity index (χ3v) is 20.8. The zero-order valence-corrected chi connectivity index (χ0v) is 86.0. The molecule has 0 saturated carbocycles. The fourth-order valence-corrected chi connectivity index (χ4v) is 20.1. The number of nitrogens with two attached hydrogens (primary N) is 1. The minimum atomic E-state index is -1.36. The van der Waals surface area contributed by atoms with E-state index < -0.39 is 153 Å². The molecule has 31 nitrogen and oxygen atoms in total. The summed E-state index contributed by atoms with van der Waals surface area (Å²) in [4.78, 5) is 111. The minimum Gasteiger partial charge on any atom is -0.870 e. The molecule has 0 aromatic heterocycles. The number of amides is 7. The van der Waals surface area contributed by atoms with Crippen LogP contribution in [0.2, 0.25) is 0 Å². The smallest absolute Gasteiger partial charge is 0.870 e. The van der Waals surface area contributed by atoms with Crippen LogP contribution in [0.4, 0.5) is 17.1 Å². The van der Waals surface area contributed by atoms with Crippen molar-refractivity contribution in [2.24, 2.45) is 5.73 Å². The molecule has 7 amide bonds. The van der Waals surface area contributed by atoms with Gasteiger partial charge in [-0.25, -0.2) is 0 Å². The second-order valence-corrected chi connectivity index (χ2v) is 27.9. The fourth-order valence-electron chi connectivity index (χ4n) is 5.83. The molecule has 528 valence electrons. The summed E-state index contributed by atoms with van der Waals surface area (Å²) in [5, 5.41) is 134.